The van der Waals surface area contributed by atoms with Crippen LogP contribution in [0.15, 0.2) is 48.5 Å². The molecule has 2 heterocycles. The molecule has 2 aromatic carbocycles. The van der Waals surface area contributed by atoms with Gasteiger partial charge >= 0.3 is 0 Å². The van der Waals surface area contributed by atoms with Crippen LogP contribution in [0.5, 0.6) is 0 Å². The minimum atomic E-state index is -0.575. The molecule has 4 rings (SSSR count). The van der Waals surface area contributed by atoms with E-state index in [1.165, 1.54) is 9.36 Å². The number of nitrogens with zero attached hydrogens (tertiary/aromatic N) is 6. The Bertz CT molecular complexity index is 1070. The van der Waals surface area contributed by atoms with Crippen molar-refractivity contribution in [3.63, 3.8) is 0 Å². The van der Waals surface area contributed by atoms with Gasteiger partial charge in [0.1, 0.15) is 11.0 Å². The van der Waals surface area contributed by atoms with Gasteiger partial charge in [-0.25, -0.2) is 0 Å². The summed E-state index contributed by atoms with van der Waals surface area (Å²) in [7, 11) is 0. The Hall–Kier alpha value is -3.42. The first-order chi connectivity index (χ1) is 12.9. The fourth-order valence-electron chi connectivity index (χ4n) is 3.14. The van der Waals surface area contributed by atoms with E-state index in [9.17, 15) is 9.59 Å². The molecule has 0 spiro atoms. The van der Waals surface area contributed by atoms with Gasteiger partial charge in [-0.15, -0.1) is 10.2 Å². The summed E-state index contributed by atoms with van der Waals surface area (Å²) in [6.45, 7) is 3.75. The Morgan fingerprint density at radius 2 is 1.19 bits per heavy atom. The number of hydrogen-bond acceptors (Lipinski definition) is 6. The van der Waals surface area contributed by atoms with E-state index >= 15 is 0 Å². The van der Waals surface area contributed by atoms with Crippen LogP contribution in [0.1, 0.15) is 36.3 Å². The van der Waals surface area contributed by atoms with Gasteiger partial charge in [-0.3, -0.25) is 9.59 Å². The average molecular weight is 362 g/mol. The summed E-state index contributed by atoms with van der Waals surface area (Å²) in [4.78, 5) is 25.5. The largest absolute Gasteiger partial charge is 0.272 e. The van der Waals surface area contributed by atoms with Crippen molar-refractivity contribution in [3.8, 4) is 0 Å². The number of carbonyl (C=O) groups is 2. The van der Waals surface area contributed by atoms with Crippen LogP contribution in [0.3, 0.4) is 0 Å². The third-order valence-corrected chi connectivity index (χ3v) is 4.44. The molecular formula is C19H18N6O2. The number of hydrogen-bond donors (Lipinski definition) is 0. The van der Waals surface area contributed by atoms with Crippen LogP contribution in [0.25, 0.3) is 22.1 Å². The highest BCUT2D eigenvalue weighted by Crippen LogP contribution is 2.27. The number of rotatable bonds is 4. The van der Waals surface area contributed by atoms with E-state index in [4.69, 9.17) is 0 Å². The van der Waals surface area contributed by atoms with E-state index in [1.54, 1.807) is 24.3 Å². The quantitative estimate of drug-likeness (QED) is 0.554. The average Bonchev–Trinajstić information content (AvgIpc) is 3.25. The summed E-state index contributed by atoms with van der Waals surface area (Å²) in [5.74, 6) is -0.408. The maximum atomic E-state index is 12.7. The maximum Gasteiger partial charge on any atom is 0.249 e. The lowest BCUT2D eigenvalue weighted by atomic mass is 9.85. The van der Waals surface area contributed by atoms with Gasteiger partial charge in [0.2, 0.25) is 11.8 Å². The first-order valence-electron chi connectivity index (χ1n) is 8.62. The van der Waals surface area contributed by atoms with Gasteiger partial charge in [0, 0.05) is 12.8 Å². The zero-order chi connectivity index (χ0) is 19.0. The molecule has 0 aliphatic carbocycles. The predicted molar refractivity (Wildman–Crippen MR) is 99.3 cm³/mol. The van der Waals surface area contributed by atoms with Crippen molar-refractivity contribution in [1.29, 1.82) is 0 Å². The van der Waals surface area contributed by atoms with Crippen LogP contribution in [0.2, 0.25) is 0 Å². The van der Waals surface area contributed by atoms with E-state index < -0.39 is 5.41 Å². The van der Waals surface area contributed by atoms with E-state index in [2.05, 4.69) is 20.6 Å². The summed E-state index contributed by atoms with van der Waals surface area (Å²) >= 11 is 0. The van der Waals surface area contributed by atoms with Gasteiger partial charge in [-0.05, 0) is 29.7 Å². The van der Waals surface area contributed by atoms with Crippen LogP contribution in [0.4, 0.5) is 0 Å². The van der Waals surface area contributed by atoms with E-state index in [0.29, 0.717) is 22.1 Å². The molecule has 0 aliphatic heterocycles. The normalized spacial score (nSPS) is 11.9. The fourth-order valence-corrected chi connectivity index (χ4v) is 3.14. The fraction of sp³-hybridized carbons (Fsp3) is 0.263. The highest BCUT2D eigenvalue weighted by molar-refractivity contribution is 5.91. The second-order valence-corrected chi connectivity index (χ2v) is 7.29. The number of para-hydroxylation sites is 2. The van der Waals surface area contributed by atoms with Crippen molar-refractivity contribution < 1.29 is 9.59 Å². The van der Waals surface area contributed by atoms with Crippen LogP contribution in [0, 0.1) is 5.41 Å². The van der Waals surface area contributed by atoms with Gasteiger partial charge in [0.25, 0.3) is 0 Å². The Morgan fingerprint density at radius 1 is 0.778 bits per heavy atom. The minimum absolute atomic E-state index is 0.152. The maximum absolute atomic E-state index is 12.7. The molecule has 0 saturated carbocycles. The molecule has 8 heteroatoms. The summed E-state index contributed by atoms with van der Waals surface area (Å²) in [6.07, 6.45) is 0.303. The third kappa shape index (κ3) is 3.21. The molecule has 0 aliphatic rings. The van der Waals surface area contributed by atoms with Crippen molar-refractivity contribution in [2.75, 3.05) is 0 Å². The molecular weight excluding hydrogens is 344 g/mol. The van der Waals surface area contributed by atoms with Gasteiger partial charge in [0.15, 0.2) is 0 Å². The first kappa shape index (κ1) is 17.0. The summed E-state index contributed by atoms with van der Waals surface area (Å²) in [5.41, 5.74) is 2.07. The van der Waals surface area contributed by atoms with E-state index in [0.717, 1.165) is 0 Å². The van der Waals surface area contributed by atoms with Gasteiger partial charge in [-0.1, -0.05) is 48.5 Å². The van der Waals surface area contributed by atoms with Crippen molar-refractivity contribution >= 4 is 33.9 Å². The number of carbonyl (C=O) groups excluding carboxylic acids is 2. The second kappa shape index (κ2) is 6.39. The lowest BCUT2D eigenvalue weighted by molar-refractivity contribution is 0.0766. The van der Waals surface area contributed by atoms with Crippen molar-refractivity contribution in [3.05, 3.63) is 48.5 Å². The molecule has 8 nitrogen and oxygen atoms in total. The topological polar surface area (TPSA) is 95.6 Å². The number of fused-ring (bicyclic) bond motifs is 2. The smallest absolute Gasteiger partial charge is 0.249 e. The lowest BCUT2D eigenvalue weighted by Gasteiger charge is -2.22. The molecule has 0 fully saturated rings. The highest BCUT2D eigenvalue weighted by Gasteiger charge is 2.29. The first-order valence-corrected chi connectivity index (χ1v) is 8.62. The van der Waals surface area contributed by atoms with Crippen LogP contribution >= 0.6 is 0 Å². The van der Waals surface area contributed by atoms with Gasteiger partial charge in [-0.2, -0.15) is 9.36 Å². The van der Waals surface area contributed by atoms with E-state index in [-0.39, 0.29) is 24.7 Å². The Kier molecular flexibility index (Phi) is 4.02. The lowest BCUT2D eigenvalue weighted by Crippen LogP contribution is -2.27. The zero-order valence-electron chi connectivity index (χ0n) is 15.0. The summed E-state index contributed by atoms with van der Waals surface area (Å²) in [6, 6.07) is 14.6. The molecule has 0 saturated heterocycles. The monoisotopic (exact) mass is 362 g/mol. The number of benzene rings is 2. The van der Waals surface area contributed by atoms with E-state index in [1.807, 2.05) is 38.1 Å². The van der Waals surface area contributed by atoms with Crippen molar-refractivity contribution in [1.82, 2.24) is 30.0 Å². The number of aromatic nitrogens is 6. The molecule has 2 aromatic heterocycles. The second-order valence-electron chi connectivity index (χ2n) is 7.29. The van der Waals surface area contributed by atoms with Gasteiger partial charge < -0.3 is 0 Å². The van der Waals surface area contributed by atoms with Crippen LogP contribution < -0.4 is 0 Å². The molecule has 0 radical (unpaired) electrons. The minimum Gasteiger partial charge on any atom is -0.272 e. The molecule has 0 unspecified atom stereocenters. The summed E-state index contributed by atoms with van der Waals surface area (Å²) in [5, 5.41) is 15.9. The SMILES string of the molecule is CC(C)(CC(=O)n1nnc2ccccc21)CC(=O)n1nnc2ccccc21. The van der Waals surface area contributed by atoms with Crippen molar-refractivity contribution in [2.45, 2.75) is 26.7 Å². The standard InChI is InChI=1S/C19H18N6O2/c1-19(2,11-17(26)24-15-9-5-3-7-13(15)20-22-24)12-18(27)25-16-10-6-4-8-14(16)21-23-25/h3-10H,11-12H2,1-2H3. The molecule has 27 heavy (non-hydrogen) atoms. The van der Waals surface area contributed by atoms with Gasteiger partial charge in [0.05, 0.1) is 11.0 Å². The molecule has 0 N–H and O–H groups in total. The molecule has 4 aromatic rings. The molecule has 136 valence electrons. The van der Waals surface area contributed by atoms with Crippen LogP contribution in [-0.4, -0.2) is 41.8 Å². The molecule has 0 amide bonds. The van der Waals surface area contributed by atoms with Crippen LogP contribution in [-0.2, 0) is 0 Å². The highest BCUT2D eigenvalue weighted by atomic mass is 16.2. The predicted octanol–water partition coefficient (Wildman–Crippen LogP) is 2.96. The molecule has 0 atom stereocenters. The third-order valence-electron chi connectivity index (χ3n) is 4.44. The van der Waals surface area contributed by atoms with Crippen molar-refractivity contribution in [2.24, 2.45) is 5.41 Å². The Labute approximate surface area is 154 Å². The zero-order valence-corrected chi connectivity index (χ0v) is 15.0. The summed E-state index contributed by atoms with van der Waals surface area (Å²) < 4.78 is 2.60. The molecule has 0 bridgehead atoms. The Morgan fingerprint density at radius 3 is 1.63 bits per heavy atom. The Balaban J connectivity index is 1.53.